The van der Waals surface area contributed by atoms with Crippen molar-refractivity contribution in [2.75, 3.05) is 97.8 Å². The molecule has 8 rings (SSSR count). The minimum atomic E-state index is -6.04. The molecule has 76 heavy (non-hydrogen) atoms. The van der Waals surface area contributed by atoms with Crippen LogP contribution in [0.3, 0.4) is 0 Å². The lowest BCUT2D eigenvalue weighted by Crippen LogP contribution is -2.51. The van der Waals surface area contributed by atoms with Gasteiger partial charge in [0.15, 0.2) is 9.84 Å². The molecule has 0 amide bonds. The van der Waals surface area contributed by atoms with Crippen molar-refractivity contribution in [2.24, 2.45) is 0 Å². The number of benzene rings is 5. The molecule has 0 saturated carbocycles. The summed E-state index contributed by atoms with van der Waals surface area (Å²) < 4.78 is 144. The van der Waals surface area contributed by atoms with Crippen molar-refractivity contribution in [3.05, 3.63) is 132 Å². The molecule has 3 heterocycles. The summed E-state index contributed by atoms with van der Waals surface area (Å²) in [4.78, 5) is 5.44. The Morgan fingerprint density at radius 2 is 1.37 bits per heavy atom. The third kappa shape index (κ3) is 13.0. The Hall–Kier alpha value is -5.33. The maximum Gasteiger partial charge on any atom is 0.501 e. The highest BCUT2D eigenvalue weighted by Gasteiger charge is 2.48. The molecule has 6 aromatic rings. The van der Waals surface area contributed by atoms with Crippen LogP contribution in [0.1, 0.15) is 32.0 Å². The van der Waals surface area contributed by atoms with Crippen molar-refractivity contribution in [3.63, 3.8) is 0 Å². The quantitative estimate of drug-likeness (QED) is 0.0521. The lowest BCUT2D eigenvalue weighted by Gasteiger charge is -2.37. The number of nitrogens with zero attached hydrogens (tertiary/aromatic N) is 5. The standard InChI is InChI=1S/C53H61ClF4N8O6S4/c1-36(2)66-37(3)52(74(5,67)68)50(51(66)38-11-13-40(54)14-12-38)39-31-41(55)33-45(32-39)64-27-25-63(26-28-64)44-17-15-42(16-18-44)61-76(71,72)47-19-20-48(49(34-47)75(69,70)53(56,57)58)60-43(35-73-46-9-7-6-8-10-46)21-22-62-23-29-65(59-4)30-24-62/h6-20,31-34,36,43,59-61H,21-30,35H2,1-5H3/t43-/m1/s1. The van der Waals surface area contributed by atoms with Crippen molar-refractivity contribution in [3.8, 4) is 22.4 Å². The number of rotatable bonds is 19. The molecule has 3 N–H and O–H groups in total. The number of anilines is 4. The number of sulfone groups is 2. The number of halogens is 5. The number of hydrogen-bond acceptors (Lipinski definition) is 13. The summed E-state index contributed by atoms with van der Waals surface area (Å²) in [6.07, 6.45) is 1.61. The van der Waals surface area contributed by atoms with Crippen LogP contribution in [0.15, 0.2) is 135 Å². The first kappa shape index (κ1) is 56.9. The third-order valence-electron chi connectivity index (χ3n) is 13.6. The van der Waals surface area contributed by atoms with Gasteiger partial charge >= 0.3 is 5.51 Å². The number of thioether (sulfide) groups is 1. The van der Waals surface area contributed by atoms with Crippen LogP contribution in [0.4, 0.5) is 40.3 Å². The Morgan fingerprint density at radius 1 is 0.737 bits per heavy atom. The van der Waals surface area contributed by atoms with E-state index in [4.69, 9.17) is 11.6 Å². The first-order valence-electron chi connectivity index (χ1n) is 24.6. The first-order chi connectivity index (χ1) is 35.9. The van der Waals surface area contributed by atoms with Crippen molar-refractivity contribution >= 4 is 75.8 Å². The highest BCUT2D eigenvalue weighted by molar-refractivity contribution is 7.99. The van der Waals surface area contributed by atoms with Gasteiger partial charge in [-0.25, -0.2) is 34.7 Å². The van der Waals surface area contributed by atoms with E-state index in [0.29, 0.717) is 84.2 Å². The molecule has 2 aliphatic rings. The summed E-state index contributed by atoms with van der Waals surface area (Å²) in [7, 11) is -12.6. The zero-order valence-electron chi connectivity index (χ0n) is 42.6. The molecule has 0 bridgehead atoms. The zero-order chi connectivity index (χ0) is 54.7. The number of alkyl halides is 3. The molecule has 0 radical (unpaired) electrons. The minimum Gasteiger partial charge on any atom is -0.380 e. The van der Waals surface area contributed by atoms with Crippen molar-refractivity contribution in [1.82, 2.24) is 19.9 Å². The number of nitrogens with one attached hydrogen (secondary N) is 3. The van der Waals surface area contributed by atoms with Crippen LogP contribution in [0.2, 0.25) is 5.02 Å². The van der Waals surface area contributed by atoms with Crippen LogP contribution < -0.4 is 25.3 Å². The van der Waals surface area contributed by atoms with Gasteiger partial charge in [0.25, 0.3) is 19.9 Å². The van der Waals surface area contributed by atoms with Gasteiger partial charge in [-0.3, -0.25) is 10.1 Å². The Kier molecular flexibility index (Phi) is 17.5. The van der Waals surface area contributed by atoms with Crippen molar-refractivity contribution in [1.29, 1.82) is 0 Å². The average Bonchev–Trinajstić information content (AvgIpc) is 3.75. The van der Waals surface area contributed by atoms with Crippen LogP contribution in [-0.4, -0.2) is 129 Å². The summed E-state index contributed by atoms with van der Waals surface area (Å²) in [5.74, 6) is -0.164. The molecule has 2 aliphatic heterocycles. The number of aromatic nitrogens is 1. The van der Waals surface area contributed by atoms with E-state index >= 15 is 4.39 Å². The smallest absolute Gasteiger partial charge is 0.380 e. The molecule has 408 valence electrons. The average molecular weight is 1150 g/mol. The molecule has 0 unspecified atom stereocenters. The van der Waals surface area contributed by atoms with E-state index in [2.05, 4.69) is 30.3 Å². The summed E-state index contributed by atoms with van der Waals surface area (Å²) in [6, 6.07) is 29.5. The lowest BCUT2D eigenvalue weighted by molar-refractivity contribution is -0.0435. The fourth-order valence-electron chi connectivity index (χ4n) is 9.82. The van der Waals surface area contributed by atoms with Gasteiger partial charge in [0.1, 0.15) is 10.7 Å². The van der Waals surface area contributed by atoms with E-state index < -0.39 is 56.9 Å². The molecule has 0 aliphatic carbocycles. The monoisotopic (exact) mass is 1140 g/mol. The number of sulfonamides is 1. The molecule has 1 atom stereocenters. The highest BCUT2D eigenvalue weighted by atomic mass is 35.5. The van der Waals surface area contributed by atoms with Crippen molar-refractivity contribution < 1.29 is 42.8 Å². The summed E-state index contributed by atoms with van der Waals surface area (Å²) in [5.41, 5.74) is 1.08. The zero-order valence-corrected chi connectivity index (χ0v) is 46.6. The third-order valence-corrected chi connectivity index (χ3v) is 19.2. The second-order valence-electron chi connectivity index (χ2n) is 19.1. The van der Waals surface area contributed by atoms with Crippen LogP contribution in [-0.2, 0) is 29.7 Å². The van der Waals surface area contributed by atoms with E-state index in [-0.39, 0.29) is 22.3 Å². The SMILES string of the molecule is CNN1CCN(CC[C@H](CSc2ccccc2)Nc2ccc(S(=O)(=O)Nc3ccc(N4CCN(c5cc(F)cc(-c6c(S(C)(=O)=O)c(C)n(C(C)C)c6-c6ccc(Cl)cc6)c5)CC4)cc3)cc2S(=O)(=O)C(F)(F)F)CC1. The molecule has 1 aromatic heterocycles. The van der Waals surface area contributed by atoms with Crippen molar-refractivity contribution in [2.45, 2.75) is 64.4 Å². The summed E-state index contributed by atoms with van der Waals surface area (Å²) in [5, 5.41) is 5.64. The van der Waals surface area contributed by atoms with E-state index in [9.17, 15) is 38.4 Å². The Balaban J connectivity index is 0.983. The normalized spacial score (nSPS) is 15.8. The Bertz CT molecular complexity index is 3360. The molecule has 2 fully saturated rings. The molecule has 5 aromatic carbocycles. The maximum atomic E-state index is 15.8. The van der Waals surface area contributed by atoms with Gasteiger partial charge in [-0.2, -0.15) is 13.2 Å². The molecule has 23 heteroatoms. The fourth-order valence-corrected chi connectivity index (χ4v) is 14.3. The first-order valence-corrected chi connectivity index (χ1v) is 30.8. The fraction of sp³-hybridized carbons (Fsp3) is 0.358. The molecular formula is C53H61ClF4N8O6S4. The summed E-state index contributed by atoms with van der Waals surface area (Å²) >= 11 is 7.71. The van der Waals surface area contributed by atoms with Gasteiger partial charge < -0.3 is 24.6 Å². The number of hydrazine groups is 1. The largest absolute Gasteiger partial charge is 0.501 e. The van der Waals surface area contributed by atoms with E-state index in [1.54, 1.807) is 37.3 Å². The van der Waals surface area contributed by atoms with Crippen LogP contribution in [0.5, 0.6) is 0 Å². The van der Waals surface area contributed by atoms with E-state index in [0.717, 1.165) is 60.7 Å². The van der Waals surface area contributed by atoms with Gasteiger partial charge in [-0.05, 0) is 130 Å². The molecular weight excluding hydrogens is 1080 g/mol. The van der Waals surface area contributed by atoms with E-state index in [1.165, 1.54) is 36.0 Å². The van der Waals surface area contributed by atoms with E-state index in [1.807, 2.05) is 72.8 Å². The Morgan fingerprint density at radius 3 is 1.96 bits per heavy atom. The summed E-state index contributed by atoms with van der Waals surface area (Å²) in [6.45, 7) is 11.2. The van der Waals surface area contributed by atoms with Gasteiger partial charge in [-0.15, -0.1) is 11.8 Å². The number of hydrogen-bond donors (Lipinski definition) is 3. The molecule has 2 saturated heterocycles. The maximum absolute atomic E-state index is 15.8. The predicted molar refractivity (Wildman–Crippen MR) is 296 cm³/mol. The topological polar surface area (TPSA) is 156 Å². The highest BCUT2D eigenvalue weighted by Crippen LogP contribution is 2.45. The van der Waals surface area contributed by atoms with Gasteiger partial charge in [-0.1, -0.05) is 41.9 Å². The minimum absolute atomic E-state index is 0.0821. The van der Waals surface area contributed by atoms with Gasteiger partial charge in [0, 0.05) is 121 Å². The van der Waals surface area contributed by atoms with Gasteiger partial charge in [0.05, 0.1) is 21.2 Å². The molecule has 14 nitrogen and oxygen atoms in total. The van der Waals surface area contributed by atoms with Gasteiger partial charge in [0.2, 0.25) is 0 Å². The second kappa shape index (κ2) is 23.3. The second-order valence-corrected chi connectivity index (χ2v) is 26.2. The predicted octanol–water partition coefficient (Wildman–Crippen LogP) is 10.0. The Labute approximate surface area is 452 Å². The number of piperazine rings is 2. The van der Waals surface area contributed by atoms with Crippen LogP contribution >= 0.6 is 23.4 Å². The van der Waals surface area contributed by atoms with Crippen LogP contribution in [0, 0.1) is 12.7 Å². The molecule has 0 spiro atoms. The van der Waals surface area contributed by atoms with Crippen LogP contribution in [0.25, 0.3) is 22.4 Å². The lowest BCUT2D eigenvalue weighted by atomic mass is 9.99.